The van der Waals surface area contributed by atoms with E-state index in [2.05, 4.69) is 11.8 Å². The average Bonchev–Trinajstić information content (AvgIpc) is 2.86. The first kappa shape index (κ1) is 12.9. The number of carbonyl (C=O) groups excluding carboxylic acids is 1. The van der Waals surface area contributed by atoms with Gasteiger partial charge in [0.15, 0.2) is 0 Å². The van der Waals surface area contributed by atoms with E-state index in [1.807, 2.05) is 0 Å². The molecule has 0 aromatic rings. The van der Waals surface area contributed by atoms with Gasteiger partial charge in [-0.1, -0.05) is 19.8 Å². The number of amides is 1. The third-order valence-electron chi connectivity index (χ3n) is 4.69. The Hall–Kier alpha value is -0.570. The number of carbonyl (C=O) groups is 1. The highest BCUT2D eigenvalue weighted by molar-refractivity contribution is 5.79. The molecule has 2 fully saturated rings. The molecule has 1 aliphatic carbocycles. The van der Waals surface area contributed by atoms with Gasteiger partial charge in [0, 0.05) is 19.0 Å². The van der Waals surface area contributed by atoms with Crippen molar-refractivity contribution >= 4 is 5.91 Å². The van der Waals surface area contributed by atoms with Crippen molar-refractivity contribution in [2.24, 2.45) is 23.5 Å². The van der Waals surface area contributed by atoms with Crippen LogP contribution in [-0.2, 0) is 4.79 Å². The fraction of sp³-hybridized carbons (Fsp3) is 0.929. The Labute approximate surface area is 105 Å². The van der Waals surface area contributed by atoms with Gasteiger partial charge in [-0.2, -0.15) is 0 Å². The first-order valence-electron chi connectivity index (χ1n) is 7.25. The summed E-state index contributed by atoms with van der Waals surface area (Å²) in [6, 6.07) is 0. The van der Waals surface area contributed by atoms with Gasteiger partial charge in [0.05, 0.1) is 0 Å². The van der Waals surface area contributed by atoms with Crippen molar-refractivity contribution < 1.29 is 4.79 Å². The molecular formula is C14H26N2O. The van der Waals surface area contributed by atoms with Crippen LogP contribution in [0.1, 0.15) is 45.4 Å². The number of nitrogens with zero attached hydrogens (tertiary/aromatic N) is 1. The normalized spacial score (nSPS) is 34.0. The van der Waals surface area contributed by atoms with E-state index < -0.39 is 0 Å². The predicted octanol–water partition coefficient (Wildman–Crippen LogP) is 2.01. The molecule has 17 heavy (non-hydrogen) atoms. The summed E-state index contributed by atoms with van der Waals surface area (Å²) < 4.78 is 0. The van der Waals surface area contributed by atoms with Crippen molar-refractivity contribution in [1.82, 2.24) is 4.90 Å². The molecule has 3 unspecified atom stereocenters. The van der Waals surface area contributed by atoms with E-state index >= 15 is 0 Å². The third-order valence-corrected chi connectivity index (χ3v) is 4.69. The molecule has 1 aliphatic heterocycles. The first-order chi connectivity index (χ1) is 8.26. The quantitative estimate of drug-likeness (QED) is 0.817. The molecular weight excluding hydrogens is 212 g/mol. The predicted molar refractivity (Wildman–Crippen MR) is 69.5 cm³/mol. The first-order valence-corrected chi connectivity index (χ1v) is 7.25. The topological polar surface area (TPSA) is 46.3 Å². The molecule has 0 aromatic heterocycles. The van der Waals surface area contributed by atoms with Crippen LogP contribution in [-0.4, -0.2) is 30.4 Å². The van der Waals surface area contributed by atoms with Gasteiger partial charge < -0.3 is 10.6 Å². The highest BCUT2D eigenvalue weighted by Crippen LogP contribution is 2.33. The Morgan fingerprint density at radius 1 is 1.29 bits per heavy atom. The second-order valence-electron chi connectivity index (χ2n) is 5.73. The number of piperidine rings is 1. The minimum absolute atomic E-state index is 0.232. The van der Waals surface area contributed by atoms with Gasteiger partial charge in [-0.25, -0.2) is 0 Å². The van der Waals surface area contributed by atoms with E-state index in [4.69, 9.17) is 5.73 Å². The molecule has 2 aliphatic rings. The maximum Gasteiger partial charge on any atom is 0.226 e. The molecule has 1 saturated heterocycles. The van der Waals surface area contributed by atoms with Crippen LogP contribution in [0.5, 0.6) is 0 Å². The summed E-state index contributed by atoms with van der Waals surface area (Å²) in [7, 11) is 0. The van der Waals surface area contributed by atoms with Crippen molar-refractivity contribution in [2.75, 3.05) is 19.6 Å². The molecule has 1 amide bonds. The van der Waals surface area contributed by atoms with Crippen LogP contribution in [0.4, 0.5) is 0 Å². The molecule has 1 saturated carbocycles. The minimum Gasteiger partial charge on any atom is -0.342 e. The van der Waals surface area contributed by atoms with Crippen molar-refractivity contribution in [3.63, 3.8) is 0 Å². The van der Waals surface area contributed by atoms with Gasteiger partial charge in [0.1, 0.15) is 0 Å². The van der Waals surface area contributed by atoms with Crippen LogP contribution in [0.3, 0.4) is 0 Å². The van der Waals surface area contributed by atoms with Crippen LogP contribution < -0.4 is 5.73 Å². The molecule has 3 heteroatoms. The number of hydrogen-bond donors (Lipinski definition) is 1. The number of hydrogen-bond acceptors (Lipinski definition) is 2. The molecule has 3 nitrogen and oxygen atoms in total. The second kappa shape index (κ2) is 5.85. The van der Waals surface area contributed by atoms with E-state index in [1.165, 1.54) is 25.7 Å². The van der Waals surface area contributed by atoms with Gasteiger partial charge in [0.2, 0.25) is 5.91 Å². The second-order valence-corrected chi connectivity index (χ2v) is 5.73. The summed E-state index contributed by atoms with van der Waals surface area (Å²) in [5, 5.41) is 0. The lowest BCUT2D eigenvalue weighted by molar-refractivity contribution is -0.138. The molecule has 0 spiro atoms. The van der Waals surface area contributed by atoms with Gasteiger partial charge >= 0.3 is 0 Å². The third kappa shape index (κ3) is 2.82. The van der Waals surface area contributed by atoms with Crippen LogP contribution >= 0.6 is 0 Å². The largest absolute Gasteiger partial charge is 0.342 e. The number of likely N-dealkylation sites (tertiary alicyclic amines) is 1. The molecule has 2 rings (SSSR count). The maximum absolute atomic E-state index is 12.5. The maximum atomic E-state index is 12.5. The summed E-state index contributed by atoms with van der Waals surface area (Å²) in [6.45, 7) is 4.88. The van der Waals surface area contributed by atoms with E-state index in [0.29, 0.717) is 18.4 Å². The minimum atomic E-state index is 0.232. The smallest absolute Gasteiger partial charge is 0.226 e. The van der Waals surface area contributed by atoms with Crippen LogP contribution in [0.15, 0.2) is 0 Å². The van der Waals surface area contributed by atoms with Crippen LogP contribution in [0, 0.1) is 17.8 Å². The summed E-state index contributed by atoms with van der Waals surface area (Å²) >= 11 is 0. The lowest BCUT2D eigenvalue weighted by Crippen LogP contribution is -2.44. The lowest BCUT2D eigenvalue weighted by atomic mass is 9.91. The Kier molecular flexibility index (Phi) is 4.43. The highest BCUT2D eigenvalue weighted by Gasteiger charge is 2.35. The fourth-order valence-corrected chi connectivity index (χ4v) is 3.48. The van der Waals surface area contributed by atoms with E-state index in [-0.39, 0.29) is 5.92 Å². The number of nitrogens with two attached hydrogens (primary N) is 1. The van der Waals surface area contributed by atoms with Gasteiger partial charge in [-0.05, 0) is 44.1 Å². The average molecular weight is 238 g/mol. The van der Waals surface area contributed by atoms with Crippen molar-refractivity contribution in [3.05, 3.63) is 0 Å². The summed E-state index contributed by atoms with van der Waals surface area (Å²) in [4.78, 5) is 14.6. The standard InChI is InChI=1S/C14H26N2O/c1-2-11-5-4-8-16(10-11)14(17)13-7-3-6-12(13)9-15/h11-13H,2-10,15H2,1H3. The van der Waals surface area contributed by atoms with Gasteiger partial charge in [0.25, 0.3) is 0 Å². The Bertz CT molecular complexity index is 267. The molecule has 1 heterocycles. The molecule has 2 N–H and O–H groups in total. The van der Waals surface area contributed by atoms with Crippen LogP contribution in [0.2, 0.25) is 0 Å². The molecule has 0 aromatic carbocycles. The molecule has 3 atom stereocenters. The summed E-state index contributed by atoms with van der Waals surface area (Å²) in [6.07, 6.45) is 7.08. The Balaban J connectivity index is 1.94. The zero-order chi connectivity index (χ0) is 12.3. The molecule has 98 valence electrons. The van der Waals surface area contributed by atoms with Gasteiger partial charge in [-0.15, -0.1) is 0 Å². The SMILES string of the molecule is CCC1CCCN(C(=O)C2CCCC2CN)C1. The van der Waals surface area contributed by atoms with E-state index in [9.17, 15) is 4.79 Å². The highest BCUT2D eigenvalue weighted by atomic mass is 16.2. The molecule has 0 radical (unpaired) electrons. The Morgan fingerprint density at radius 2 is 2.12 bits per heavy atom. The van der Waals surface area contributed by atoms with E-state index in [0.717, 1.165) is 31.8 Å². The van der Waals surface area contributed by atoms with Gasteiger partial charge in [-0.3, -0.25) is 4.79 Å². The van der Waals surface area contributed by atoms with Crippen molar-refractivity contribution in [3.8, 4) is 0 Å². The Morgan fingerprint density at radius 3 is 2.82 bits per heavy atom. The van der Waals surface area contributed by atoms with Crippen molar-refractivity contribution in [2.45, 2.75) is 45.4 Å². The zero-order valence-electron chi connectivity index (χ0n) is 11.0. The monoisotopic (exact) mass is 238 g/mol. The lowest BCUT2D eigenvalue weighted by Gasteiger charge is -2.35. The van der Waals surface area contributed by atoms with Crippen LogP contribution in [0.25, 0.3) is 0 Å². The van der Waals surface area contributed by atoms with Crippen molar-refractivity contribution in [1.29, 1.82) is 0 Å². The number of rotatable bonds is 3. The molecule has 0 bridgehead atoms. The summed E-state index contributed by atoms with van der Waals surface area (Å²) in [5.41, 5.74) is 5.77. The zero-order valence-corrected chi connectivity index (χ0v) is 11.0. The fourth-order valence-electron chi connectivity index (χ4n) is 3.48. The summed E-state index contributed by atoms with van der Waals surface area (Å²) in [5.74, 6) is 1.81. The van der Waals surface area contributed by atoms with E-state index in [1.54, 1.807) is 0 Å².